The molecule has 1 aliphatic rings. The third-order valence-corrected chi connectivity index (χ3v) is 5.19. The van der Waals surface area contributed by atoms with Gasteiger partial charge in [-0.05, 0) is 38.4 Å². The van der Waals surface area contributed by atoms with Crippen LogP contribution in [0.25, 0.3) is 11.0 Å². The molecule has 4 rings (SSSR count). The predicted octanol–water partition coefficient (Wildman–Crippen LogP) is 1.79. The largest absolute Gasteiger partial charge is 0.367 e. The van der Waals surface area contributed by atoms with E-state index >= 15 is 0 Å². The van der Waals surface area contributed by atoms with Gasteiger partial charge in [0.25, 0.3) is 5.56 Å². The van der Waals surface area contributed by atoms with Gasteiger partial charge >= 0.3 is 0 Å². The van der Waals surface area contributed by atoms with Gasteiger partial charge in [-0.3, -0.25) is 9.69 Å². The molecule has 1 aliphatic heterocycles. The number of nitrogens with one attached hydrogen (secondary N) is 2. The van der Waals surface area contributed by atoms with Crippen molar-refractivity contribution in [3.8, 4) is 0 Å². The second-order valence-corrected chi connectivity index (χ2v) is 7.09. The van der Waals surface area contributed by atoms with E-state index in [1.807, 2.05) is 13.0 Å². The fourth-order valence-corrected chi connectivity index (χ4v) is 3.78. The Kier molecular flexibility index (Phi) is 5.15. The molecule has 0 spiro atoms. The minimum absolute atomic E-state index is 0.0466. The van der Waals surface area contributed by atoms with Gasteiger partial charge in [0, 0.05) is 37.1 Å². The number of aryl methyl sites for hydroxylation is 1. The maximum Gasteiger partial charge on any atom is 0.266 e. The van der Waals surface area contributed by atoms with E-state index in [2.05, 4.69) is 30.3 Å². The third kappa shape index (κ3) is 4.00. The zero-order valence-electron chi connectivity index (χ0n) is 15.6. The van der Waals surface area contributed by atoms with Crippen LogP contribution < -0.4 is 10.9 Å². The fourth-order valence-electron chi connectivity index (χ4n) is 3.78. The molecule has 4 heterocycles. The highest BCUT2D eigenvalue weighted by molar-refractivity contribution is 5.86. The van der Waals surface area contributed by atoms with Crippen LogP contribution in [0.5, 0.6) is 0 Å². The zero-order valence-corrected chi connectivity index (χ0v) is 15.6. The maximum absolute atomic E-state index is 11.9. The molecule has 1 unspecified atom stereocenters. The standard InChI is InChI=1S/C19H25N7O/c1-14-11-16-18(24-14)19(22-13-21-16)20-12-15-5-2-3-8-25(15)9-10-26-17(27)6-4-7-23-26/h4,6-7,11,13,15,24H,2-3,5,8-10,12H2,1H3,(H,20,21,22). The summed E-state index contributed by atoms with van der Waals surface area (Å²) in [6.07, 6.45) is 6.83. The lowest BCUT2D eigenvalue weighted by Gasteiger charge is -2.35. The number of anilines is 1. The molecule has 27 heavy (non-hydrogen) atoms. The van der Waals surface area contributed by atoms with Crippen LogP contribution in [0, 0.1) is 6.92 Å². The Bertz CT molecular complexity index is 964. The molecular formula is C19H25N7O. The van der Waals surface area contributed by atoms with Gasteiger partial charge in [-0.2, -0.15) is 5.10 Å². The summed E-state index contributed by atoms with van der Waals surface area (Å²) in [7, 11) is 0. The lowest BCUT2D eigenvalue weighted by molar-refractivity contribution is 0.148. The topological polar surface area (TPSA) is 91.7 Å². The van der Waals surface area contributed by atoms with E-state index < -0.39 is 0 Å². The van der Waals surface area contributed by atoms with E-state index in [9.17, 15) is 4.79 Å². The summed E-state index contributed by atoms with van der Waals surface area (Å²) in [5.74, 6) is 0.847. The van der Waals surface area contributed by atoms with Gasteiger partial charge in [0.15, 0.2) is 5.82 Å². The molecule has 0 aromatic carbocycles. The van der Waals surface area contributed by atoms with Crippen molar-refractivity contribution in [1.82, 2.24) is 29.6 Å². The van der Waals surface area contributed by atoms with Crippen molar-refractivity contribution < 1.29 is 0 Å². The molecule has 0 amide bonds. The van der Waals surface area contributed by atoms with Crippen LogP contribution in [-0.4, -0.2) is 55.3 Å². The highest BCUT2D eigenvalue weighted by atomic mass is 16.1. The number of hydrogen-bond acceptors (Lipinski definition) is 6. The molecule has 8 heteroatoms. The predicted molar refractivity (Wildman–Crippen MR) is 105 cm³/mol. The highest BCUT2D eigenvalue weighted by Gasteiger charge is 2.22. The summed E-state index contributed by atoms with van der Waals surface area (Å²) in [5.41, 5.74) is 2.92. The number of fused-ring (bicyclic) bond motifs is 1. The van der Waals surface area contributed by atoms with Crippen molar-refractivity contribution in [1.29, 1.82) is 0 Å². The molecule has 2 N–H and O–H groups in total. The van der Waals surface area contributed by atoms with E-state index in [-0.39, 0.29) is 5.56 Å². The highest BCUT2D eigenvalue weighted by Crippen LogP contribution is 2.21. The molecule has 1 fully saturated rings. The van der Waals surface area contributed by atoms with E-state index in [0.717, 1.165) is 48.6 Å². The van der Waals surface area contributed by atoms with Crippen LogP contribution in [0.4, 0.5) is 5.82 Å². The Balaban J connectivity index is 1.41. The Morgan fingerprint density at radius 2 is 2.22 bits per heavy atom. The molecule has 3 aromatic heterocycles. The van der Waals surface area contributed by atoms with Gasteiger partial charge < -0.3 is 10.3 Å². The third-order valence-electron chi connectivity index (χ3n) is 5.19. The van der Waals surface area contributed by atoms with Crippen LogP contribution in [-0.2, 0) is 6.54 Å². The van der Waals surface area contributed by atoms with E-state index in [4.69, 9.17) is 0 Å². The van der Waals surface area contributed by atoms with Crippen LogP contribution in [0.1, 0.15) is 25.0 Å². The Hall–Kier alpha value is -2.74. The minimum Gasteiger partial charge on any atom is -0.367 e. The maximum atomic E-state index is 11.9. The molecule has 8 nitrogen and oxygen atoms in total. The number of H-pyrrole nitrogens is 1. The molecule has 1 atom stereocenters. The van der Waals surface area contributed by atoms with E-state index in [0.29, 0.717) is 12.6 Å². The Morgan fingerprint density at radius 1 is 1.30 bits per heavy atom. The number of nitrogens with zero attached hydrogens (tertiary/aromatic N) is 5. The first-order valence-corrected chi connectivity index (χ1v) is 9.51. The average molecular weight is 367 g/mol. The summed E-state index contributed by atoms with van der Waals surface area (Å²) in [6.45, 7) is 5.33. The van der Waals surface area contributed by atoms with E-state index in [1.54, 1.807) is 24.7 Å². The SMILES string of the molecule is Cc1cc2ncnc(NCC3CCCCN3CCn3ncccc3=O)c2[nH]1. The van der Waals surface area contributed by atoms with Crippen molar-refractivity contribution in [2.45, 2.75) is 38.8 Å². The number of likely N-dealkylation sites (tertiary alicyclic amines) is 1. The first-order chi connectivity index (χ1) is 13.2. The molecular weight excluding hydrogens is 342 g/mol. The molecule has 0 radical (unpaired) electrons. The number of hydrogen-bond donors (Lipinski definition) is 2. The average Bonchev–Trinajstić information content (AvgIpc) is 3.07. The minimum atomic E-state index is -0.0466. The van der Waals surface area contributed by atoms with Gasteiger partial charge in [-0.1, -0.05) is 6.42 Å². The van der Waals surface area contributed by atoms with Gasteiger partial charge in [0.05, 0.1) is 12.1 Å². The van der Waals surface area contributed by atoms with Crippen molar-refractivity contribution in [3.05, 3.63) is 46.8 Å². The molecule has 3 aromatic rings. The molecule has 0 aliphatic carbocycles. The van der Waals surface area contributed by atoms with Gasteiger partial charge in [0.2, 0.25) is 0 Å². The quantitative estimate of drug-likeness (QED) is 0.690. The van der Waals surface area contributed by atoms with E-state index in [1.165, 1.54) is 17.5 Å². The first kappa shape index (κ1) is 17.7. The fraction of sp³-hybridized carbons (Fsp3) is 0.474. The molecule has 142 valence electrons. The van der Waals surface area contributed by atoms with Crippen LogP contribution in [0.2, 0.25) is 0 Å². The Morgan fingerprint density at radius 3 is 3.11 bits per heavy atom. The lowest BCUT2D eigenvalue weighted by Crippen LogP contribution is -2.45. The van der Waals surface area contributed by atoms with Crippen LogP contribution >= 0.6 is 0 Å². The van der Waals surface area contributed by atoms with Crippen molar-refractivity contribution >= 4 is 16.9 Å². The normalized spacial score (nSPS) is 18.0. The lowest BCUT2D eigenvalue weighted by atomic mass is 10.0. The number of aromatic nitrogens is 5. The van der Waals surface area contributed by atoms with Crippen molar-refractivity contribution in [2.75, 3.05) is 25.0 Å². The van der Waals surface area contributed by atoms with Gasteiger partial charge in [0.1, 0.15) is 11.8 Å². The second kappa shape index (κ2) is 7.87. The summed E-state index contributed by atoms with van der Waals surface area (Å²) in [4.78, 5) is 26.4. The van der Waals surface area contributed by atoms with Crippen LogP contribution in [0.15, 0.2) is 35.5 Å². The molecule has 0 bridgehead atoms. The summed E-state index contributed by atoms with van der Waals surface area (Å²) in [5, 5.41) is 7.66. The Labute approximate surface area is 157 Å². The smallest absolute Gasteiger partial charge is 0.266 e. The van der Waals surface area contributed by atoms with Gasteiger partial charge in [-0.15, -0.1) is 0 Å². The first-order valence-electron chi connectivity index (χ1n) is 9.51. The number of rotatable bonds is 6. The van der Waals surface area contributed by atoms with Crippen molar-refractivity contribution in [3.63, 3.8) is 0 Å². The van der Waals surface area contributed by atoms with Crippen molar-refractivity contribution in [2.24, 2.45) is 0 Å². The number of piperidine rings is 1. The number of aromatic amines is 1. The molecule has 0 saturated carbocycles. The summed E-state index contributed by atoms with van der Waals surface area (Å²) < 4.78 is 1.54. The zero-order chi connectivity index (χ0) is 18.6. The second-order valence-electron chi connectivity index (χ2n) is 7.09. The molecule has 1 saturated heterocycles. The van der Waals surface area contributed by atoms with Crippen LogP contribution in [0.3, 0.4) is 0 Å². The van der Waals surface area contributed by atoms with Gasteiger partial charge in [-0.25, -0.2) is 14.6 Å². The summed E-state index contributed by atoms with van der Waals surface area (Å²) >= 11 is 0. The monoisotopic (exact) mass is 367 g/mol. The summed E-state index contributed by atoms with van der Waals surface area (Å²) in [6, 6.07) is 5.68.